The molecule has 1 aromatic heterocycles. The summed E-state index contributed by atoms with van der Waals surface area (Å²) in [7, 11) is 1.43. The van der Waals surface area contributed by atoms with Crippen molar-refractivity contribution in [1.29, 1.82) is 0 Å². The molecule has 8 nitrogen and oxygen atoms in total. The number of hydrogen-bond acceptors (Lipinski definition) is 6. The Morgan fingerprint density at radius 1 is 1.23 bits per heavy atom. The van der Waals surface area contributed by atoms with Crippen LogP contribution in [0.3, 0.4) is 0 Å². The molecule has 39 heavy (non-hydrogen) atoms. The van der Waals surface area contributed by atoms with Gasteiger partial charge in [0.15, 0.2) is 18.1 Å². The van der Waals surface area contributed by atoms with Crippen LogP contribution < -0.4 is 20.3 Å². The minimum Gasteiger partial charge on any atom is -0.493 e. The second-order valence-corrected chi connectivity index (χ2v) is 9.83. The van der Waals surface area contributed by atoms with Crippen LogP contribution in [0.25, 0.3) is 10.9 Å². The molecule has 0 aliphatic rings. The van der Waals surface area contributed by atoms with Gasteiger partial charge in [0.25, 0.3) is 11.5 Å². The van der Waals surface area contributed by atoms with Crippen molar-refractivity contribution < 1.29 is 18.7 Å². The molecule has 0 spiro atoms. The normalized spacial score (nSPS) is 11.2. The van der Waals surface area contributed by atoms with Gasteiger partial charge in [-0.1, -0.05) is 53.0 Å². The molecule has 0 aliphatic heterocycles. The SMILES string of the molecule is CCCCc1nc2ccc(Br)cc2c(=O)n1N=Cc1cc(Cl)c(OCC(=O)Nc2ccccc2F)c(OC)c1. The average Bonchev–Trinajstić information content (AvgIpc) is 2.92. The van der Waals surface area contributed by atoms with E-state index < -0.39 is 18.3 Å². The van der Waals surface area contributed by atoms with Gasteiger partial charge in [0.2, 0.25) is 0 Å². The van der Waals surface area contributed by atoms with Crippen LogP contribution in [0.4, 0.5) is 10.1 Å². The first kappa shape index (κ1) is 28.3. The number of fused-ring (bicyclic) bond motifs is 1. The molecule has 1 N–H and O–H groups in total. The lowest BCUT2D eigenvalue weighted by atomic mass is 10.2. The number of aromatic nitrogens is 2. The monoisotopic (exact) mass is 614 g/mol. The van der Waals surface area contributed by atoms with Crippen LogP contribution in [0.2, 0.25) is 5.02 Å². The Labute approximate surface area is 237 Å². The maximum atomic E-state index is 13.8. The lowest BCUT2D eigenvalue weighted by Gasteiger charge is -2.13. The van der Waals surface area contributed by atoms with E-state index in [0.717, 1.165) is 17.3 Å². The number of nitrogens with zero attached hydrogens (tertiary/aromatic N) is 3. The number of ether oxygens (including phenoxy) is 2. The predicted molar refractivity (Wildman–Crippen MR) is 154 cm³/mol. The molecule has 4 aromatic rings. The van der Waals surface area contributed by atoms with Gasteiger partial charge < -0.3 is 14.8 Å². The highest BCUT2D eigenvalue weighted by molar-refractivity contribution is 9.10. The summed E-state index contributed by atoms with van der Waals surface area (Å²) in [6, 6.07) is 14.3. The first-order valence-corrected chi connectivity index (χ1v) is 13.3. The first-order valence-electron chi connectivity index (χ1n) is 12.1. The predicted octanol–water partition coefficient (Wildman–Crippen LogP) is 6.20. The number of carbonyl (C=O) groups is 1. The third-order valence-electron chi connectivity index (χ3n) is 5.70. The number of carbonyl (C=O) groups excluding carboxylic acids is 1. The number of methoxy groups -OCH3 is 1. The number of unbranched alkanes of at least 4 members (excludes halogenated alkanes) is 1. The molecule has 4 rings (SSSR count). The van der Waals surface area contributed by atoms with Crippen LogP contribution in [-0.2, 0) is 11.2 Å². The summed E-state index contributed by atoms with van der Waals surface area (Å²) < 4.78 is 26.9. The number of anilines is 1. The fourth-order valence-electron chi connectivity index (χ4n) is 3.78. The molecule has 202 valence electrons. The fourth-order valence-corrected chi connectivity index (χ4v) is 4.41. The van der Waals surface area contributed by atoms with Crippen molar-refractivity contribution in [1.82, 2.24) is 9.66 Å². The highest BCUT2D eigenvalue weighted by Crippen LogP contribution is 2.36. The summed E-state index contributed by atoms with van der Waals surface area (Å²) in [6.07, 6.45) is 3.84. The van der Waals surface area contributed by atoms with E-state index in [4.69, 9.17) is 21.1 Å². The highest BCUT2D eigenvalue weighted by Gasteiger charge is 2.15. The van der Waals surface area contributed by atoms with Crippen LogP contribution >= 0.6 is 27.5 Å². The molecule has 0 unspecified atom stereocenters. The lowest BCUT2D eigenvalue weighted by molar-refractivity contribution is -0.118. The van der Waals surface area contributed by atoms with Crippen LogP contribution in [-0.4, -0.2) is 35.5 Å². The topological polar surface area (TPSA) is 94.8 Å². The van der Waals surface area contributed by atoms with Crippen molar-refractivity contribution >= 4 is 56.2 Å². The molecular formula is C28H25BrClFN4O4. The number of para-hydroxylation sites is 1. The molecule has 0 bridgehead atoms. The van der Waals surface area contributed by atoms with Crippen LogP contribution in [0.1, 0.15) is 31.2 Å². The third kappa shape index (κ3) is 6.82. The molecule has 11 heteroatoms. The number of halogens is 3. The Bertz CT molecular complexity index is 1610. The average molecular weight is 616 g/mol. The summed E-state index contributed by atoms with van der Waals surface area (Å²) in [4.78, 5) is 30.2. The molecule has 0 saturated heterocycles. The van der Waals surface area contributed by atoms with Crippen molar-refractivity contribution in [3.63, 3.8) is 0 Å². The quantitative estimate of drug-likeness (QED) is 0.214. The van der Waals surface area contributed by atoms with Gasteiger partial charge in [-0.15, -0.1) is 0 Å². The van der Waals surface area contributed by atoms with Gasteiger partial charge >= 0.3 is 0 Å². The number of nitrogens with one attached hydrogen (secondary N) is 1. The molecule has 3 aromatic carbocycles. The zero-order valence-corrected chi connectivity index (χ0v) is 23.6. The first-order chi connectivity index (χ1) is 18.8. The van der Waals surface area contributed by atoms with Gasteiger partial charge in [-0.25, -0.2) is 9.37 Å². The van der Waals surface area contributed by atoms with Crippen molar-refractivity contribution in [2.24, 2.45) is 5.10 Å². The minimum atomic E-state index is -0.571. The van der Waals surface area contributed by atoms with Gasteiger partial charge in [0, 0.05) is 10.9 Å². The lowest BCUT2D eigenvalue weighted by Crippen LogP contribution is -2.22. The maximum absolute atomic E-state index is 13.8. The largest absolute Gasteiger partial charge is 0.493 e. The molecule has 1 heterocycles. The van der Waals surface area contributed by atoms with Crippen molar-refractivity contribution in [2.45, 2.75) is 26.2 Å². The molecule has 0 fully saturated rings. The summed E-state index contributed by atoms with van der Waals surface area (Å²) in [5.41, 5.74) is 0.885. The Hall–Kier alpha value is -3.76. The molecule has 1 amide bonds. The second kappa shape index (κ2) is 12.9. The van der Waals surface area contributed by atoms with Gasteiger partial charge in [-0.05, 0) is 54.4 Å². The van der Waals surface area contributed by atoms with Crippen molar-refractivity contribution in [3.8, 4) is 11.5 Å². The van der Waals surface area contributed by atoms with Crippen LogP contribution in [0.5, 0.6) is 11.5 Å². The second-order valence-electron chi connectivity index (χ2n) is 8.51. The molecule has 0 aliphatic carbocycles. The van der Waals surface area contributed by atoms with Gasteiger partial charge in [-0.2, -0.15) is 9.78 Å². The number of rotatable bonds is 10. The Balaban J connectivity index is 1.59. The Kier molecular flexibility index (Phi) is 9.32. The molecule has 0 saturated carbocycles. The van der Waals surface area contributed by atoms with Gasteiger partial charge in [0.05, 0.1) is 34.9 Å². The summed E-state index contributed by atoms with van der Waals surface area (Å²) in [5.74, 6) is -0.193. The summed E-state index contributed by atoms with van der Waals surface area (Å²) in [5, 5.41) is 7.47. The van der Waals surface area contributed by atoms with Crippen molar-refractivity contribution in [2.75, 3.05) is 19.0 Å². The third-order valence-corrected chi connectivity index (χ3v) is 6.47. The minimum absolute atomic E-state index is 0.0415. The Morgan fingerprint density at radius 2 is 2.03 bits per heavy atom. The van der Waals surface area contributed by atoms with E-state index in [-0.39, 0.29) is 27.8 Å². The molecular weight excluding hydrogens is 591 g/mol. The van der Waals surface area contributed by atoms with Crippen molar-refractivity contribution in [3.05, 3.63) is 91.7 Å². The fraction of sp³-hybridized carbons (Fsp3) is 0.214. The standard InChI is InChI=1S/C28H25BrClFN4O4/c1-3-4-9-25-33-22-11-10-18(29)14-19(22)28(37)35(25)32-15-17-12-20(30)27(24(13-17)38-2)39-16-26(36)34-23-8-6-5-7-21(23)31/h5-8,10-15H,3-4,9,16H2,1-2H3,(H,34,36). The number of aryl methyl sites for hydroxylation is 1. The maximum Gasteiger partial charge on any atom is 0.282 e. The summed E-state index contributed by atoms with van der Waals surface area (Å²) in [6.45, 7) is 1.64. The van der Waals surface area contributed by atoms with Crippen LogP contribution in [0.15, 0.2) is 69.0 Å². The number of hydrogen-bond donors (Lipinski definition) is 1. The van der Waals surface area contributed by atoms with E-state index in [1.807, 2.05) is 6.07 Å². The molecule has 0 radical (unpaired) electrons. The Morgan fingerprint density at radius 3 is 2.77 bits per heavy atom. The van der Waals surface area contributed by atoms with Gasteiger partial charge in [0.1, 0.15) is 11.6 Å². The van der Waals surface area contributed by atoms with Gasteiger partial charge in [-0.3, -0.25) is 9.59 Å². The van der Waals surface area contributed by atoms with E-state index in [2.05, 4.69) is 38.3 Å². The zero-order valence-electron chi connectivity index (χ0n) is 21.2. The van der Waals surface area contributed by atoms with E-state index >= 15 is 0 Å². The highest BCUT2D eigenvalue weighted by atomic mass is 79.9. The number of benzene rings is 3. The van der Waals surface area contributed by atoms with E-state index in [1.54, 1.807) is 30.3 Å². The smallest absolute Gasteiger partial charge is 0.282 e. The van der Waals surface area contributed by atoms with E-state index in [1.165, 1.54) is 36.2 Å². The molecule has 0 atom stereocenters. The van der Waals surface area contributed by atoms with E-state index in [0.29, 0.717) is 28.7 Å². The number of amides is 1. The summed E-state index contributed by atoms with van der Waals surface area (Å²) >= 11 is 9.85. The van der Waals surface area contributed by atoms with Crippen LogP contribution in [0, 0.1) is 5.82 Å². The zero-order chi connectivity index (χ0) is 27.9. The van der Waals surface area contributed by atoms with E-state index in [9.17, 15) is 14.0 Å².